The second-order valence-electron chi connectivity index (χ2n) is 7.29. The average molecular weight is 365 g/mol. The normalized spacial score (nSPS) is 16.1. The van der Waals surface area contributed by atoms with E-state index in [1.807, 2.05) is 30.5 Å². The van der Waals surface area contributed by atoms with Crippen molar-refractivity contribution in [3.05, 3.63) is 42.1 Å². The second kappa shape index (κ2) is 8.06. The van der Waals surface area contributed by atoms with Gasteiger partial charge >= 0.3 is 0 Å². The fourth-order valence-electron chi connectivity index (χ4n) is 3.45. The Bertz CT molecular complexity index is 881. The molecular formula is C21H27N5O. The predicted octanol–water partition coefficient (Wildman–Crippen LogP) is 2.95. The second-order valence-corrected chi connectivity index (χ2v) is 7.29. The minimum absolute atomic E-state index is 0.671. The van der Waals surface area contributed by atoms with Crippen LogP contribution in [0.25, 0.3) is 22.4 Å². The molecule has 2 aromatic heterocycles. The third kappa shape index (κ3) is 4.28. The molecule has 0 unspecified atom stereocenters. The van der Waals surface area contributed by atoms with E-state index < -0.39 is 0 Å². The molecule has 3 aromatic rings. The molecule has 6 heteroatoms. The molecule has 4 rings (SSSR count). The molecule has 1 aromatic carbocycles. The van der Waals surface area contributed by atoms with Gasteiger partial charge in [0.2, 0.25) is 5.88 Å². The number of hydrogen-bond acceptors (Lipinski definition) is 5. The van der Waals surface area contributed by atoms with E-state index in [-0.39, 0.29) is 0 Å². The van der Waals surface area contributed by atoms with Crippen LogP contribution in [0.3, 0.4) is 0 Å². The summed E-state index contributed by atoms with van der Waals surface area (Å²) in [6, 6.07) is 10.1. The molecule has 0 amide bonds. The number of aryl methyl sites for hydroxylation is 1. The number of benzene rings is 1. The van der Waals surface area contributed by atoms with Gasteiger partial charge in [0, 0.05) is 50.6 Å². The maximum Gasteiger partial charge on any atom is 0.213 e. The zero-order chi connectivity index (χ0) is 18.6. The minimum atomic E-state index is 0.671. The van der Waals surface area contributed by atoms with Crippen LogP contribution in [0.4, 0.5) is 0 Å². The highest BCUT2D eigenvalue weighted by atomic mass is 16.5. The third-order valence-electron chi connectivity index (χ3n) is 5.19. The molecule has 27 heavy (non-hydrogen) atoms. The van der Waals surface area contributed by atoms with E-state index in [2.05, 4.69) is 39.8 Å². The van der Waals surface area contributed by atoms with Crippen LogP contribution in [0.15, 0.2) is 36.5 Å². The highest BCUT2D eigenvalue weighted by Crippen LogP contribution is 2.23. The molecule has 1 aliphatic heterocycles. The quantitative estimate of drug-likeness (QED) is 0.681. The molecule has 1 fully saturated rings. The number of H-pyrrole nitrogens is 1. The summed E-state index contributed by atoms with van der Waals surface area (Å²) in [5, 5.41) is 0. The molecule has 1 saturated heterocycles. The topological polar surface area (TPSA) is 57.3 Å². The largest absolute Gasteiger partial charge is 0.478 e. The number of piperazine rings is 1. The summed E-state index contributed by atoms with van der Waals surface area (Å²) < 4.78 is 5.81. The van der Waals surface area contributed by atoms with E-state index in [1.54, 1.807) is 0 Å². The molecule has 1 N–H and O–H groups in total. The van der Waals surface area contributed by atoms with Crippen LogP contribution in [0, 0.1) is 6.92 Å². The Kier molecular flexibility index (Phi) is 5.36. The smallest absolute Gasteiger partial charge is 0.213 e. The first-order valence-corrected chi connectivity index (χ1v) is 9.64. The lowest BCUT2D eigenvalue weighted by Gasteiger charge is -2.32. The molecule has 142 valence electrons. The van der Waals surface area contributed by atoms with Crippen molar-refractivity contribution in [2.24, 2.45) is 0 Å². The number of fused-ring (bicyclic) bond motifs is 1. The predicted molar refractivity (Wildman–Crippen MR) is 108 cm³/mol. The van der Waals surface area contributed by atoms with Crippen molar-refractivity contribution in [1.82, 2.24) is 24.8 Å². The van der Waals surface area contributed by atoms with Crippen LogP contribution in [0.5, 0.6) is 5.88 Å². The fourth-order valence-corrected chi connectivity index (χ4v) is 3.45. The number of imidazole rings is 1. The Hall–Kier alpha value is -2.44. The standard InChI is InChI=1S/C21H27N5O/c1-16-5-3-6-18-20(16)24-21(23-18)17-7-8-19(22-15-17)27-14-4-9-26-12-10-25(2)11-13-26/h3,5-8,15H,4,9-14H2,1-2H3,(H,23,24). The van der Waals surface area contributed by atoms with Crippen molar-refractivity contribution in [1.29, 1.82) is 0 Å². The molecule has 0 bridgehead atoms. The summed E-state index contributed by atoms with van der Waals surface area (Å²) in [6.07, 6.45) is 2.85. The number of nitrogens with one attached hydrogen (secondary N) is 1. The van der Waals surface area contributed by atoms with E-state index in [1.165, 1.54) is 5.56 Å². The van der Waals surface area contributed by atoms with Crippen molar-refractivity contribution in [3.8, 4) is 17.3 Å². The Labute approximate surface area is 160 Å². The number of rotatable bonds is 6. The molecule has 0 spiro atoms. The number of hydrogen-bond donors (Lipinski definition) is 1. The summed E-state index contributed by atoms with van der Waals surface area (Å²) in [4.78, 5) is 17.4. The Balaban J connectivity index is 1.30. The number of nitrogens with zero attached hydrogens (tertiary/aromatic N) is 4. The number of aromatic nitrogens is 3. The lowest BCUT2D eigenvalue weighted by Crippen LogP contribution is -2.44. The Morgan fingerprint density at radius 3 is 2.70 bits per heavy atom. The van der Waals surface area contributed by atoms with Gasteiger partial charge in [-0.3, -0.25) is 0 Å². The van der Waals surface area contributed by atoms with Gasteiger partial charge in [0.05, 0.1) is 17.6 Å². The van der Waals surface area contributed by atoms with Gasteiger partial charge in [-0.05, 0) is 38.1 Å². The van der Waals surface area contributed by atoms with Crippen LogP contribution in [-0.4, -0.2) is 71.1 Å². The summed E-state index contributed by atoms with van der Waals surface area (Å²) in [5.41, 5.74) is 4.20. The van der Waals surface area contributed by atoms with E-state index in [9.17, 15) is 0 Å². The number of likely N-dealkylation sites (N-methyl/N-ethyl adjacent to an activating group) is 1. The SMILES string of the molecule is Cc1cccc2[nH]c(-c3ccc(OCCCN4CCN(C)CC4)nc3)nc12. The van der Waals surface area contributed by atoms with Gasteiger partial charge in [-0.1, -0.05) is 12.1 Å². The van der Waals surface area contributed by atoms with E-state index in [0.717, 1.165) is 61.6 Å². The van der Waals surface area contributed by atoms with Gasteiger partial charge < -0.3 is 19.5 Å². The highest BCUT2D eigenvalue weighted by molar-refractivity contribution is 5.82. The van der Waals surface area contributed by atoms with Gasteiger partial charge in [0.15, 0.2) is 0 Å². The van der Waals surface area contributed by atoms with Gasteiger partial charge in [0.1, 0.15) is 5.82 Å². The van der Waals surface area contributed by atoms with Gasteiger partial charge in [-0.15, -0.1) is 0 Å². The van der Waals surface area contributed by atoms with E-state index in [4.69, 9.17) is 9.72 Å². The monoisotopic (exact) mass is 365 g/mol. The van der Waals surface area contributed by atoms with E-state index in [0.29, 0.717) is 12.5 Å². The Morgan fingerprint density at radius 1 is 1.11 bits per heavy atom. The zero-order valence-corrected chi connectivity index (χ0v) is 16.1. The first kappa shape index (κ1) is 17.9. The summed E-state index contributed by atoms with van der Waals surface area (Å²) >= 11 is 0. The van der Waals surface area contributed by atoms with Crippen molar-refractivity contribution >= 4 is 11.0 Å². The van der Waals surface area contributed by atoms with Crippen molar-refractivity contribution in [2.75, 3.05) is 46.4 Å². The lowest BCUT2D eigenvalue weighted by atomic mass is 10.2. The number of pyridine rings is 1. The molecule has 0 radical (unpaired) electrons. The van der Waals surface area contributed by atoms with Crippen LogP contribution >= 0.6 is 0 Å². The summed E-state index contributed by atoms with van der Waals surface area (Å²) in [6.45, 7) is 8.48. The van der Waals surface area contributed by atoms with Gasteiger partial charge in [0.25, 0.3) is 0 Å². The molecule has 3 heterocycles. The average Bonchev–Trinajstić information content (AvgIpc) is 3.13. The van der Waals surface area contributed by atoms with E-state index >= 15 is 0 Å². The number of ether oxygens (including phenoxy) is 1. The Morgan fingerprint density at radius 2 is 1.96 bits per heavy atom. The maximum atomic E-state index is 5.81. The number of para-hydroxylation sites is 1. The van der Waals surface area contributed by atoms with Gasteiger partial charge in [-0.2, -0.15) is 0 Å². The zero-order valence-electron chi connectivity index (χ0n) is 16.1. The lowest BCUT2D eigenvalue weighted by molar-refractivity contribution is 0.145. The first-order valence-electron chi connectivity index (χ1n) is 9.64. The maximum absolute atomic E-state index is 5.81. The first-order chi connectivity index (χ1) is 13.2. The minimum Gasteiger partial charge on any atom is -0.478 e. The third-order valence-corrected chi connectivity index (χ3v) is 5.19. The summed E-state index contributed by atoms with van der Waals surface area (Å²) in [7, 11) is 2.18. The molecule has 0 aliphatic carbocycles. The van der Waals surface area contributed by atoms with Crippen molar-refractivity contribution in [3.63, 3.8) is 0 Å². The van der Waals surface area contributed by atoms with Crippen LogP contribution in [-0.2, 0) is 0 Å². The highest BCUT2D eigenvalue weighted by Gasteiger charge is 2.13. The van der Waals surface area contributed by atoms with Crippen molar-refractivity contribution < 1.29 is 4.74 Å². The molecular weight excluding hydrogens is 338 g/mol. The molecule has 6 nitrogen and oxygen atoms in total. The molecule has 1 aliphatic rings. The fraction of sp³-hybridized carbons (Fsp3) is 0.429. The van der Waals surface area contributed by atoms with Crippen LogP contribution in [0.2, 0.25) is 0 Å². The van der Waals surface area contributed by atoms with Crippen LogP contribution in [0.1, 0.15) is 12.0 Å². The van der Waals surface area contributed by atoms with Crippen molar-refractivity contribution in [2.45, 2.75) is 13.3 Å². The van der Waals surface area contributed by atoms with Gasteiger partial charge in [-0.25, -0.2) is 9.97 Å². The number of aromatic amines is 1. The molecule has 0 saturated carbocycles. The summed E-state index contributed by atoms with van der Waals surface area (Å²) in [5.74, 6) is 1.51. The molecule has 0 atom stereocenters. The van der Waals surface area contributed by atoms with Crippen LogP contribution < -0.4 is 4.74 Å².